The van der Waals surface area contributed by atoms with Crippen LogP contribution in [0.15, 0.2) is 18.3 Å². The van der Waals surface area contributed by atoms with Crippen LogP contribution in [0, 0.1) is 0 Å². The first-order valence-electron chi connectivity index (χ1n) is 5.69. The largest absolute Gasteiger partial charge is 0.354 e. The highest BCUT2D eigenvalue weighted by atomic mass is 79.9. The molecule has 92 valence electrons. The number of rotatable bonds is 3. The normalized spacial score (nSPS) is 17.2. The van der Waals surface area contributed by atoms with Gasteiger partial charge in [-0.25, -0.2) is 4.98 Å². The summed E-state index contributed by atoms with van der Waals surface area (Å²) >= 11 is 3.16. The van der Waals surface area contributed by atoms with Crippen LogP contribution in [-0.4, -0.2) is 54.2 Å². The second-order valence-electron chi connectivity index (χ2n) is 4.25. The van der Waals surface area contributed by atoms with Gasteiger partial charge in [0.25, 0.3) is 0 Å². The Balaban J connectivity index is 2.05. The van der Waals surface area contributed by atoms with Crippen LogP contribution in [-0.2, 0) is 0 Å². The number of hydrogen-bond acceptors (Lipinski definition) is 4. The molecular formula is C12H16BrN3O. The first kappa shape index (κ1) is 12.5. The maximum Gasteiger partial charge on any atom is 0.174 e. The molecule has 4 nitrogen and oxygen atoms in total. The number of Topliss-reactive ketones (excluding diaryl/α,β-unsaturated/α-hetero) is 1. The van der Waals surface area contributed by atoms with E-state index < -0.39 is 0 Å². The van der Waals surface area contributed by atoms with Gasteiger partial charge in [-0.2, -0.15) is 0 Å². The van der Waals surface area contributed by atoms with E-state index in [0.29, 0.717) is 10.9 Å². The minimum Gasteiger partial charge on any atom is -0.354 e. The van der Waals surface area contributed by atoms with Crippen molar-refractivity contribution in [1.29, 1.82) is 0 Å². The maximum absolute atomic E-state index is 11.4. The van der Waals surface area contributed by atoms with Gasteiger partial charge in [0, 0.05) is 37.9 Å². The first-order chi connectivity index (χ1) is 8.20. The molecule has 0 N–H and O–H groups in total. The van der Waals surface area contributed by atoms with E-state index in [1.54, 1.807) is 6.20 Å². The Hall–Kier alpha value is -0.940. The van der Waals surface area contributed by atoms with Gasteiger partial charge in [0.1, 0.15) is 5.82 Å². The first-order valence-corrected chi connectivity index (χ1v) is 6.81. The summed E-state index contributed by atoms with van der Waals surface area (Å²) in [4.78, 5) is 20.4. The number of aromatic nitrogens is 1. The predicted molar refractivity (Wildman–Crippen MR) is 72.1 cm³/mol. The smallest absolute Gasteiger partial charge is 0.174 e. The molecule has 2 heterocycles. The van der Waals surface area contributed by atoms with Crippen LogP contribution < -0.4 is 4.90 Å². The highest BCUT2D eigenvalue weighted by molar-refractivity contribution is 9.09. The second-order valence-corrected chi connectivity index (χ2v) is 4.81. The Labute approximate surface area is 110 Å². The minimum atomic E-state index is 0.0717. The molecule has 5 heteroatoms. The summed E-state index contributed by atoms with van der Waals surface area (Å²) < 4.78 is 0. The fraction of sp³-hybridized carbons (Fsp3) is 0.500. The van der Waals surface area contributed by atoms with Crippen molar-refractivity contribution >= 4 is 27.5 Å². The van der Waals surface area contributed by atoms with E-state index in [9.17, 15) is 4.79 Å². The van der Waals surface area contributed by atoms with E-state index in [2.05, 4.69) is 37.8 Å². The third-order valence-corrected chi connectivity index (χ3v) is 3.53. The van der Waals surface area contributed by atoms with Crippen LogP contribution in [0.3, 0.4) is 0 Å². The molecule has 0 unspecified atom stereocenters. The third kappa shape index (κ3) is 3.04. The Morgan fingerprint density at radius 2 is 2.06 bits per heavy atom. The van der Waals surface area contributed by atoms with E-state index in [0.717, 1.165) is 32.0 Å². The van der Waals surface area contributed by atoms with Crippen molar-refractivity contribution in [2.45, 2.75) is 0 Å². The van der Waals surface area contributed by atoms with Gasteiger partial charge in [-0.05, 0) is 19.2 Å². The van der Waals surface area contributed by atoms with E-state index >= 15 is 0 Å². The molecule has 1 saturated heterocycles. The molecule has 1 aliphatic rings. The monoisotopic (exact) mass is 297 g/mol. The summed E-state index contributed by atoms with van der Waals surface area (Å²) in [6.45, 7) is 4.11. The number of halogens is 1. The summed E-state index contributed by atoms with van der Waals surface area (Å²) in [5.41, 5.74) is 0.666. The van der Waals surface area contributed by atoms with Crippen molar-refractivity contribution in [3.63, 3.8) is 0 Å². The van der Waals surface area contributed by atoms with Gasteiger partial charge in [0.05, 0.1) is 5.33 Å². The second kappa shape index (κ2) is 5.60. The van der Waals surface area contributed by atoms with Gasteiger partial charge in [0.15, 0.2) is 5.78 Å². The molecule has 0 aromatic carbocycles. The van der Waals surface area contributed by atoms with Crippen LogP contribution in [0.1, 0.15) is 10.4 Å². The molecule has 0 bridgehead atoms. The van der Waals surface area contributed by atoms with Gasteiger partial charge in [-0.1, -0.05) is 15.9 Å². The van der Waals surface area contributed by atoms with E-state index in [4.69, 9.17) is 0 Å². The number of alkyl halides is 1. The Morgan fingerprint density at radius 1 is 1.35 bits per heavy atom. The van der Waals surface area contributed by atoms with Crippen molar-refractivity contribution in [3.05, 3.63) is 23.9 Å². The van der Waals surface area contributed by atoms with Crippen LogP contribution in [0.2, 0.25) is 0 Å². The number of pyridine rings is 1. The number of piperazine rings is 1. The molecule has 0 atom stereocenters. The quantitative estimate of drug-likeness (QED) is 0.624. The molecule has 1 aromatic heterocycles. The van der Waals surface area contributed by atoms with Crippen molar-refractivity contribution in [2.24, 2.45) is 0 Å². The molecular weight excluding hydrogens is 282 g/mol. The zero-order valence-electron chi connectivity index (χ0n) is 9.90. The highest BCUT2D eigenvalue weighted by Crippen LogP contribution is 2.14. The molecule has 0 aliphatic carbocycles. The lowest BCUT2D eigenvalue weighted by Crippen LogP contribution is -2.44. The van der Waals surface area contributed by atoms with Gasteiger partial charge >= 0.3 is 0 Å². The van der Waals surface area contributed by atoms with Crippen LogP contribution in [0.5, 0.6) is 0 Å². The number of anilines is 1. The van der Waals surface area contributed by atoms with E-state index in [1.165, 1.54) is 0 Å². The zero-order chi connectivity index (χ0) is 12.3. The lowest BCUT2D eigenvalue weighted by atomic mass is 10.2. The van der Waals surface area contributed by atoms with Crippen molar-refractivity contribution in [3.8, 4) is 0 Å². The standard InChI is InChI=1S/C12H16BrN3O/c1-15-4-6-16(7-5-15)12-3-2-10(9-14-12)11(17)8-13/h2-3,9H,4-8H2,1H3. The summed E-state index contributed by atoms with van der Waals surface area (Å²) in [5, 5.41) is 0.350. The van der Waals surface area contributed by atoms with Gasteiger partial charge in [-0.15, -0.1) is 0 Å². The predicted octanol–water partition coefficient (Wildman–Crippen LogP) is 1.41. The number of carbonyl (C=O) groups is 1. The molecule has 2 rings (SSSR count). The molecule has 0 saturated carbocycles. The van der Waals surface area contributed by atoms with Crippen molar-refractivity contribution in [1.82, 2.24) is 9.88 Å². The van der Waals surface area contributed by atoms with Crippen molar-refractivity contribution < 1.29 is 4.79 Å². The van der Waals surface area contributed by atoms with Crippen LogP contribution in [0.4, 0.5) is 5.82 Å². The molecule has 1 aliphatic heterocycles. The van der Waals surface area contributed by atoms with Gasteiger partial charge < -0.3 is 9.80 Å². The minimum absolute atomic E-state index is 0.0717. The molecule has 0 spiro atoms. The van der Waals surface area contributed by atoms with Crippen LogP contribution in [0.25, 0.3) is 0 Å². The van der Waals surface area contributed by atoms with Gasteiger partial charge in [-0.3, -0.25) is 4.79 Å². The Bertz CT molecular complexity index is 385. The average Bonchev–Trinajstić information content (AvgIpc) is 2.39. The molecule has 1 fully saturated rings. The number of ketones is 1. The Morgan fingerprint density at radius 3 is 2.59 bits per heavy atom. The number of carbonyl (C=O) groups excluding carboxylic acids is 1. The summed E-state index contributed by atoms with van der Waals surface area (Å²) in [6.07, 6.45) is 1.66. The maximum atomic E-state index is 11.4. The molecule has 0 radical (unpaired) electrons. The fourth-order valence-corrected chi connectivity index (χ4v) is 2.17. The number of hydrogen-bond donors (Lipinski definition) is 0. The van der Waals surface area contributed by atoms with E-state index in [1.807, 2.05) is 12.1 Å². The SMILES string of the molecule is CN1CCN(c2ccc(C(=O)CBr)cn2)CC1. The topological polar surface area (TPSA) is 36.4 Å². The number of nitrogens with zero attached hydrogens (tertiary/aromatic N) is 3. The van der Waals surface area contributed by atoms with Crippen molar-refractivity contribution in [2.75, 3.05) is 43.5 Å². The molecule has 1 aromatic rings. The number of likely N-dealkylation sites (N-methyl/N-ethyl adjacent to an activating group) is 1. The third-order valence-electron chi connectivity index (χ3n) is 3.02. The van der Waals surface area contributed by atoms with Gasteiger partial charge in [0.2, 0.25) is 0 Å². The average molecular weight is 298 g/mol. The fourth-order valence-electron chi connectivity index (χ4n) is 1.85. The molecule has 17 heavy (non-hydrogen) atoms. The summed E-state index contributed by atoms with van der Waals surface area (Å²) in [5.74, 6) is 1.03. The lowest BCUT2D eigenvalue weighted by molar-refractivity contribution is 0.102. The highest BCUT2D eigenvalue weighted by Gasteiger charge is 2.15. The van der Waals surface area contributed by atoms with E-state index in [-0.39, 0.29) is 5.78 Å². The van der Waals surface area contributed by atoms with Crippen LogP contribution >= 0.6 is 15.9 Å². The summed E-state index contributed by atoms with van der Waals surface area (Å²) in [7, 11) is 2.13. The molecule has 0 amide bonds. The zero-order valence-corrected chi connectivity index (χ0v) is 11.5. The summed E-state index contributed by atoms with van der Waals surface area (Å²) in [6, 6.07) is 3.78. The lowest BCUT2D eigenvalue weighted by Gasteiger charge is -2.33. The Kier molecular flexibility index (Phi) is 4.12.